The standard InChI is InChI=1S/C23H16BrN3O2/c24-16-5-8-18-15(10-16)11-25-21(26-18)12-3-6-17(7-4-12)27-22(28)19-13-1-2-14(9-13)20(19)23(27)29/h1-8,10-11,13-14,19-20H,9H2/t13-,14+,19-,20+. The molecule has 4 atom stereocenters. The molecule has 6 heteroatoms. The molecule has 6 rings (SSSR count). The Hall–Kier alpha value is -2.86. The first kappa shape index (κ1) is 17.0. The Morgan fingerprint density at radius 2 is 1.62 bits per heavy atom. The van der Waals surface area contributed by atoms with E-state index < -0.39 is 0 Å². The quantitative estimate of drug-likeness (QED) is 0.433. The molecular weight excluding hydrogens is 430 g/mol. The first-order valence-corrected chi connectivity index (χ1v) is 10.5. The lowest BCUT2D eigenvalue weighted by atomic mass is 9.85. The SMILES string of the molecule is O=C1[C@@H]2[C@H](C(=O)N1c1ccc(-c3ncc4cc(Br)ccc4n3)cc1)[C@@H]1C=C[C@H]2C1. The van der Waals surface area contributed by atoms with Gasteiger partial charge in [0.15, 0.2) is 5.82 Å². The summed E-state index contributed by atoms with van der Waals surface area (Å²) in [5, 5.41) is 0.961. The number of nitrogens with zero attached hydrogens (tertiary/aromatic N) is 3. The number of carbonyl (C=O) groups excluding carboxylic acids is 2. The van der Waals surface area contributed by atoms with Gasteiger partial charge in [0, 0.05) is 21.6 Å². The van der Waals surface area contributed by atoms with Gasteiger partial charge in [-0.05, 0) is 60.7 Å². The van der Waals surface area contributed by atoms with E-state index in [1.807, 2.05) is 42.5 Å². The summed E-state index contributed by atoms with van der Waals surface area (Å²) in [5.74, 6) is 0.577. The molecule has 2 aromatic carbocycles. The third kappa shape index (κ3) is 2.45. The van der Waals surface area contributed by atoms with E-state index in [2.05, 4.69) is 38.0 Å². The van der Waals surface area contributed by atoms with Crippen molar-refractivity contribution in [3.8, 4) is 11.4 Å². The Morgan fingerprint density at radius 3 is 2.31 bits per heavy atom. The van der Waals surface area contributed by atoms with Crippen LogP contribution in [0.3, 0.4) is 0 Å². The minimum absolute atomic E-state index is 0.0582. The van der Waals surface area contributed by atoms with Crippen molar-refractivity contribution in [1.29, 1.82) is 0 Å². The minimum Gasteiger partial charge on any atom is -0.274 e. The van der Waals surface area contributed by atoms with E-state index in [0.29, 0.717) is 11.5 Å². The summed E-state index contributed by atoms with van der Waals surface area (Å²) in [6, 6.07) is 13.3. The number of anilines is 1. The average Bonchev–Trinajstić information content (AvgIpc) is 3.42. The second kappa shape index (κ2) is 6.07. The summed E-state index contributed by atoms with van der Waals surface area (Å²) >= 11 is 3.46. The average molecular weight is 446 g/mol. The van der Waals surface area contributed by atoms with Gasteiger partial charge in [-0.3, -0.25) is 14.5 Å². The van der Waals surface area contributed by atoms with Gasteiger partial charge in [0.25, 0.3) is 0 Å². The van der Waals surface area contributed by atoms with Crippen LogP contribution in [0.25, 0.3) is 22.3 Å². The van der Waals surface area contributed by atoms with Crippen LogP contribution in [0.1, 0.15) is 6.42 Å². The van der Waals surface area contributed by atoms with E-state index in [9.17, 15) is 9.59 Å². The molecule has 2 fully saturated rings. The molecule has 2 aliphatic carbocycles. The molecule has 29 heavy (non-hydrogen) atoms. The Labute approximate surface area is 175 Å². The zero-order valence-corrected chi connectivity index (χ0v) is 16.9. The Kier molecular flexibility index (Phi) is 3.56. The molecular formula is C23H16BrN3O2. The highest BCUT2D eigenvalue weighted by Crippen LogP contribution is 2.53. The number of benzene rings is 2. The lowest BCUT2D eigenvalue weighted by Crippen LogP contribution is -2.32. The molecule has 0 radical (unpaired) electrons. The van der Waals surface area contributed by atoms with E-state index >= 15 is 0 Å². The first-order valence-electron chi connectivity index (χ1n) is 9.69. The van der Waals surface area contributed by atoms with E-state index in [1.165, 1.54) is 4.90 Å². The fraction of sp³-hybridized carbons (Fsp3) is 0.217. The second-order valence-corrected chi connectivity index (χ2v) is 8.87. The number of rotatable bonds is 2. The van der Waals surface area contributed by atoms with Gasteiger partial charge >= 0.3 is 0 Å². The zero-order chi connectivity index (χ0) is 19.7. The van der Waals surface area contributed by atoms with Crippen molar-refractivity contribution in [1.82, 2.24) is 9.97 Å². The van der Waals surface area contributed by atoms with Crippen LogP contribution < -0.4 is 4.90 Å². The highest BCUT2D eigenvalue weighted by Gasteiger charge is 2.59. The number of hydrogen-bond acceptors (Lipinski definition) is 4. The van der Waals surface area contributed by atoms with Crippen LogP contribution in [0.4, 0.5) is 5.69 Å². The fourth-order valence-corrected chi connectivity index (χ4v) is 5.44. The summed E-state index contributed by atoms with van der Waals surface area (Å²) in [4.78, 5) is 36.4. The van der Waals surface area contributed by atoms with Crippen LogP contribution in [0.15, 0.2) is 65.3 Å². The Morgan fingerprint density at radius 1 is 0.931 bits per heavy atom. The van der Waals surface area contributed by atoms with Crippen LogP contribution in [0.2, 0.25) is 0 Å². The maximum atomic E-state index is 13.0. The molecule has 2 bridgehead atoms. The summed E-state index contributed by atoms with van der Waals surface area (Å²) in [6.45, 7) is 0. The number of halogens is 1. The van der Waals surface area contributed by atoms with Gasteiger partial charge < -0.3 is 0 Å². The van der Waals surface area contributed by atoms with Crippen LogP contribution in [0.5, 0.6) is 0 Å². The molecule has 142 valence electrons. The van der Waals surface area contributed by atoms with E-state index in [0.717, 1.165) is 27.4 Å². The fourth-order valence-electron chi connectivity index (χ4n) is 5.06. The van der Waals surface area contributed by atoms with Gasteiger partial charge in [-0.2, -0.15) is 0 Å². The van der Waals surface area contributed by atoms with Crippen molar-refractivity contribution < 1.29 is 9.59 Å². The largest absolute Gasteiger partial charge is 0.274 e. The van der Waals surface area contributed by atoms with Crippen molar-refractivity contribution >= 4 is 44.3 Å². The van der Waals surface area contributed by atoms with Gasteiger partial charge in [-0.1, -0.05) is 28.1 Å². The number of fused-ring (bicyclic) bond motifs is 6. The van der Waals surface area contributed by atoms with Crippen molar-refractivity contribution in [3.63, 3.8) is 0 Å². The van der Waals surface area contributed by atoms with Crippen molar-refractivity contribution in [2.24, 2.45) is 23.7 Å². The molecule has 3 aliphatic rings. The maximum Gasteiger partial charge on any atom is 0.238 e. The highest BCUT2D eigenvalue weighted by molar-refractivity contribution is 9.10. The monoisotopic (exact) mass is 445 g/mol. The van der Waals surface area contributed by atoms with Crippen LogP contribution in [0, 0.1) is 23.7 Å². The Bertz CT molecular complexity index is 1190. The smallest absolute Gasteiger partial charge is 0.238 e. The van der Waals surface area contributed by atoms with Crippen LogP contribution in [-0.2, 0) is 9.59 Å². The predicted molar refractivity (Wildman–Crippen MR) is 113 cm³/mol. The number of hydrogen-bond donors (Lipinski definition) is 0. The van der Waals surface area contributed by atoms with Crippen molar-refractivity contribution in [3.05, 3.63) is 65.3 Å². The normalized spacial score (nSPS) is 27.3. The third-order valence-corrected chi connectivity index (χ3v) is 6.89. The van der Waals surface area contributed by atoms with E-state index in [-0.39, 0.29) is 35.5 Å². The third-order valence-electron chi connectivity index (χ3n) is 6.40. The van der Waals surface area contributed by atoms with Crippen molar-refractivity contribution in [2.75, 3.05) is 4.90 Å². The number of allylic oxidation sites excluding steroid dienone is 2. The minimum atomic E-state index is -0.180. The lowest BCUT2D eigenvalue weighted by Gasteiger charge is -2.17. The first-order chi connectivity index (χ1) is 14.1. The van der Waals surface area contributed by atoms with Gasteiger partial charge in [0.1, 0.15) is 0 Å². The predicted octanol–water partition coefficient (Wildman–Crippen LogP) is 4.37. The summed E-state index contributed by atoms with van der Waals surface area (Å²) in [7, 11) is 0. The van der Waals surface area contributed by atoms with E-state index in [4.69, 9.17) is 0 Å². The Balaban J connectivity index is 1.32. The lowest BCUT2D eigenvalue weighted by molar-refractivity contribution is -0.123. The number of imide groups is 1. The summed E-state index contributed by atoms with van der Waals surface area (Å²) in [6.07, 6.45) is 6.96. The molecule has 3 aromatic rings. The van der Waals surface area contributed by atoms with Gasteiger partial charge in [0.05, 0.1) is 23.0 Å². The molecule has 1 saturated carbocycles. The summed E-state index contributed by atoms with van der Waals surface area (Å²) < 4.78 is 0.985. The summed E-state index contributed by atoms with van der Waals surface area (Å²) in [5.41, 5.74) is 2.34. The highest BCUT2D eigenvalue weighted by atomic mass is 79.9. The number of amides is 2. The molecule has 1 aliphatic heterocycles. The number of aromatic nitrogens is 2. The van der Waals surface area contributed by atoms with Crippen LogP contribution in [-0.4, -0.2) is 21.8 Å². The van der Waals surface area contributed by atoms with Gasteiger partial charge in [-0.25, -0.2) is 9.97 Å². The molecule has 2 heterocycles. The molecule has 2 amide bonds. The number of carbonyl (C=O) groups is 2. The van der Waals surface area contributed by atoms with Gasteiger partial charge in [0.2, 0.25) is 11.8 Å². The zero-order valence-electron chi connectivity index (χ0n) is 15.3. The molecule has 1 saturated heterocycles. The van der Waals surface area contributed by atoms with Crippen LogP contribution >= 0.6 is 15.9 Å². The molecule has 0 N–H and O–H groups in total. The molecule has 0 unspecified atom stereocenters. The topological polar surface area (TPSA) is 63.2 Å². The maximum absolute atomic E-state index is 13.0. The second-order valence-electron chi connectivity index (χ2n) is 7.96. The van der Waals surface area contributed by atoms with Gasteiger partial charge in [-0.15, -0.1) is 0 Å². The molecule has 0 spiro atoms. The molecule has 5 nitrogen and oxygen atoms in total. The van der Waals surface area contributed by atoms with Crippen molar-refractivity contribution in [2.45, 2.75) is 6.42 Å². The van der Waals surface area contributed by atoms with E-state index in [1.54, 1.807) is 6.20 Å². The molecule has 1 aromatic heterocycles.